The Kier molecular flexibility index (Phi) is 5.15. The quantitative estimate of drug-likeness (QED) is 0.764. The van der Waals surface area contributed by atoms with Crippen LogP contribution in [0, 0.1) is 0 Å². The van der Waals surface area contributed by atoms with Crippen molar-refractivity contribution in [2.24, 2.45) is 0 Å². The second-order valence-corrected chi connectivity index (χ2v) is 9.81. The maximum atomic E-state index is 12.2. The van der Waals surface area contributed by atoms with Crippen molar-refractivity contribution in [1.29, 1.82) is 0 Å². The van der Waals surface area contributed by atoms with E-state index in [2.05, 4.69) is 22.3 Å². The summed E-state index contributed by atoms with van der Waals surface area (Å²) in [6.07, 6.45) is 6.91. The van der Waals surface area contributed by atoms with Crippen molar-refractivity contribution in [1.82, 2.24) is 10.2 Å². The first-order chi connectivity index (χ1) is 12.8. The summed E-state index contributed by atoms with van der Waals surface area (Å²) in [6, 6.07) is 7.48. The topological polar surface area (TPSA) is 41.6 Å². The number of alkyl carbamates (subject to hydrolysis) is 1. The van der Waals surface area contributed by atoms with Crippen LogP contribution in [-0.2, 0) is 11.3 Å². The Labute approximate surface area is 167 Å². The Hall–Kier alpha value is -1.26. The highest BCUT2D eigenvalue weighted by Crippen LogP contribution is 2.44. The number of amides is 1. The van der Waals surface area contributed by atoms with E-state index in [4.69, 9.17) is 16.3 Å². The van der Waals surface area contributed by atoms with E-state index in [0.29, 0.717) is 18.0 Å². The third-order valence-corrected chi connectivity index (χ3v) is 6.72. The lowest BCUT2D eigenvalue weighted by molar-refractivity contribution is 0.0491. The average molecular weight is 391 g/mol. The minimum atomic E-state index is -0.458. The Morgan fingerprint density at radius 1 is 1.26 bits per heavy atom. The van der Waals surface area contributed by atoms with Gasteiger partial charge in [-0.1, -0.05) is 30.2 Å². The summed E-state index contributed by atoms with van der Waals surface area (Å²) in [7, 11) is 0. The van der Waals surface area contributed by atoms with E-state index >= 15 is 0 Å². The molecule has 0 radical (unpaired) electrons. The van der Waals surface area contributed by atoms with Gasteiger partial charge in [0.15, 0.2) is 0 Å². The zero-order valence-corrected chi connectivity index (χ0v) is 17.4. The SMILES string of the molecule is CC(C)(C)OC(=O)N[C@H]1C[C@H]2CC[C@@H]1N2Cc1cccc(Cl)c1C1CCC1. The minimum Gasteiger partial charge on any atom is -0.444 e. The molecule has 3 atom stereocenters. The number of halogens is 1. The fraction of sp³-hybridized carbons (Fsp3) is 0.682. The number of carbonyl (C=O) groups excluding carboxylic acids is 1. The third kappa shape index (κ3) is 3.97. The Bertz CT molecular complexity index is 711. The minimum absolute atomic E-state index is 0.185. The molecule has 0 unspecified atom stereocenters. The molecule has 4 rings (SSSR count). The molecule has 1 aromatic carbocycles. The van der Waals surface area contributed by atoms with Crippen molar-refractivity contribution in [3.8, 4) is 0 Å². The predicted molar refractivity (Wildman–Crippen MR) is 108 cm³/mol. The summed E-state index contributed by atoms with van der Waals surface area (Å²) >= 11 is 6.58. The fourth-order valence-corrected chi connectivity index (χ4v) is 5.38. The molecule has 2 saturated heterocycles. The monoisotopic (exact) mass is 390 g/mol. The van der Waals surface area contributed by atoms with Crippen LogP contribution in [-0.4, -0.2) is 34.7 Å². The Morgan fingerprint density at radius 2 is 2.04 bits per heavy atom. The van der Waals surface area contributed by atoms with Crippen LogP contribution in [0.1, 0.15) is 76.3 Å². The van der Waals surface area contributed by atoms with Gasteiger partial charge in [0, 0.05) is 29.7 Å². The highest BCUT2D eigenvalue weighted by molar-refractivity contribution is 6.31. The molecule has 3 aliphatic rings. The molecule has 3 fully saturated rings. The molecule has 27 heavy (non-hydrogen) atoms. The van der Waals surface area contributed by atoms with Crippen LogP contribution in [0.4, 0.5) is 4.79 Å². The molecular weight excluding hydrogens is 360 g/mol. The van der Waals surface area contributed by atoms with Crippen LogP contribution >= 0.6 is 11.6 Å². The normalized spacial score (nSPS) is 28.2. The van der Waals surface area contributed by atoms with Gasteiger partial charge in [0.1, 0.15) is 5.60 Å². The lowest BCUT2D eigenvalue weighted by Gasteiger charge is -2.31. The number of rotatable bonds is 4. The van der Waals surface area contributed by atoms with E-state index in [1.807, 2.05) is 26.8 Å². The van der Waals surface area contributed by atoms with Gasteiger partial charge in [-0.25, -0.2) is 4.79 Å². The Balaban J connectivity index is 1.45. The lowest BCUT2D eigenvalue weighted by atomic mass is 9.78. The maximum absolute atomic E-state index is 12.2. The van der Waals surface area contributed by atoms with E-state index in [-0.39, 0.29) is 12.1 Å². The van der Waals surface area contributed by atoms with Gasteiger partial charge in [-0.05, 0) is 76.0 Å². The summed E-state index contributed by atoms with van der Waals surface area (Å²) in [5, 5.41) is 4.05. The van der Waals surface area contributed by atoms with Crippen molar-refractivity contribution >= 4 is 17.7 Å². The third-order valence-electron chi connectivity index (χ3n) is 6.39. The zero-order valence-electron chi connectivity index (χ0n) is 16.6. The molecule has 1 saturated carbocycles. The molecule has 0 aromatic heterocycles. The molecule has 0 spiro atoms. The van der Waals surface area contributed by atoms with Gasteiger partial charge >= 0.3 is 6.09 Å². The molecule has 2 heterocycles. The van der Waals surface area contributed by atoms with Gasteiger partial charge in [0.25, 0.3) is 0 Å². The zero-order chi connectivity index (χ0) is 19.2. The van der Waals surface area contributed by atoms with Crippen molar-refractivity contribution in [2.45, 2.75) is 95.5 Å². The molecule has 1 aliphatic carbocycles. The molecule has 2 aliphatic heterocycles. The van der Waals surface area contributed by atoms with Crippen molar-refractivity contribution in [3.05, 3.63) is 34.3 Å². The second-order valence-electron chi connectivity index (χ2n) is 9.40. The molecule has 5 heteroatoms. The number of carbonyl (C=O) groups is 1. The highest BCUT2D eigenvalue weighted by Gasteiger charge is 2.47. The van der Waals surface area contributed by atoms with Crippen LogP contribution in [0.3, 0.4) is 0 Å². The fourth-order valence-electron chi connectivity index (χ4n) is 5.03. The van der Waals surface area contributed by atoms with Crippen LogP contribution in [0.2, 0.25) is 5.02 Å². The first-order valence-electron chi connectivity index (χ1n) is 10.3. The van der Waals surface area contributed by atoms with E-state index in [0.717, 1.165) is 24.4 Å². The summed E-state index contributed by atoms with van der Waals surface area (Å²) in [5.41, 5.74) is 2.29. The molecular formula is C22H31ClN2O2. The standard InChI is InChI=1S/C22H31ClN2O2/c1-22(2,3)27-21(26)24-18-12-16-10-11-19(18)25(16)13-15-8-5-9-17(23)20(15)14-6-4-7-14/h5,8-9,14,16,18-19H,4,6-7,10-13H2,1-3H3,(H,24,26)/t16-,18+,19+/m1/s1. The van der Waals surface area contributed by atoms with Crippen LogP contribution in [0.15, 0.2) is 18.2 Å². The molecule has 4 nitrogen and oxygen atoms in total. The van der Waals surface area contributed by atoms with Gasteiger partial charge < -0.3 is 10.1 Å². The molecule has 1 aromatic rings. The van der Waals surface area contributed by atoms with Gasteiger partial charge in [0.05, 0.1) is 0 Å². The Morgan fingerprint density at radius 3 is 2.70 bits per heavy atom. The smallest absolute Gasteiger partial charge is 0.407 e. The first kappa shape index (κ1) is 19.1. The van der Waals surface area contributed by atoms with Crippen molar-refractivity contribution in [2.75, 3.05) is 0 Å². The molecule has 1 N–H and O–H groups in total. The summed E-state index contributed by atoms with van der Waals surface area (Å²) in [6.45, 7) is 6.65. The number of hydrogen-bond donors (Lipinski definition) is 1. The molecule has 2 bridgehead atoms. The van der Waals surface area contributed by atoms with Gasteiger partial charge in [-0.2, -0.15) is 0 Å². The first-order valence-corrected chi connectivity index (χ1v) is 10.7. The number of hydrogen-bond acceptors (Lipinski definition) is 3. The number of nitrogens with zero attached hydrogens (tertiary/aromatic N) is 1. The van der Waals surface area contributed by atoms with Crippen LogP contribution in [0.25, 0.3) is 0 Å². The average Bonchev–Trinajstić information content (AvgIpc) is 3.03. The summed E-state index contributed by atoms with van der Waals surface area (Å²) < 4.78 is 5.46. The van der Waals surface area contributed by atoms with E-state index in [9.17, 15) is 4.79 Å². The van der Waals surface area contributed by atoms with E-state index in [1.54, 1.807) is 0 Å². The number of ether oxygens (including phenoxy) is 1. The van der Waals surface area contributed by atoms with Crippen LogP contribution in [0.5, 0.6) is 0 Å². The summed E-state index contributed by atoms with van der Waals surface area (Å²) in [4.78, 5) is 14.8. The summed E-state index contributed by atoms with van der Waals surface area (Å²) in [5.74, 6) is 0.629. The predicted octanol–water partition coefficient (Wildman–Crippen LogP) is 5.24. The van der Waals surface area contributed by atoms with Gasteiger partial charge in [0.2, 0.25) is 0 Å². The lowest BCUT2D eigenvalue weighted by Crippen LogP contribution is -2.45. The van der Waals surface area contributed by atoms with E-state index in [1.165, 1.54) is 36.8 Å². The van der Waals surface area contributed by atoms with Crippen LogP contribution < -0.4 is 5.32 Å². The largest absolute Gasteiger partial charge is 0.444 e. The van der Waals surface area contributed by atoms with Gasteiger partial charge in [-0.15, -0.1) is 0 Å². The van der Waals surface area contributed by atoms with Crippen molar-refractivity contribution < 1.29 is 9.53 Å². The number of benzene rings is 1. The van der Waals surface area contributed by atoms with E-state index < -0.39 is 5.60 Å². The molecule has 148 valence electrons. The number of nitrogens with one attached hydrogen (secondary N) is 1. The maximum Gasteiger partial charge on any atom is 0.407 e. The second kappa shape index (κ2) is 7.29. The molecule has 1 amide bonds. The number of fused-ring (bicyclic) bond motifs is 2. The highest BCUT2D eigenvalue weighted by atomic mass is 35.5. The van der Waals surface area contributed by atoms with Crippen molar-refractivity contribution in [3.63, 3.8) is 0 Å². The van der Waals surface area contributed by atoms with Gasteiger partial charge in [-0.3, -0.25) is 4.90 Å².